The van der Waals surface area contributed by atoms with E-state index in [1.165, 1.54) is 44.1 Å². The number of aromatic nitrogens is 1. The number of anilines is 1. The van der Waals surface area contributed by atoms with E-state index in [2.05, 4.69) is 28.2 Å². The summed E-state index contributed by atoms with van der Waals surface area (Å²) in [5.74, 6) is 0.969. The summed E-state index contributed by atoms with van der Waals surface area (Å²) in [5.41, 5.74) is 1.19. The van der Waals surface area contributed by atoms with E-state index in [0.29, 0.717) is 6.04 Å². The molecule has 2 heterocycles. The number of rotatable bonds is 4. The van der Waals surface area contributed by atoms with Crippen molar-refractivity contribution in [3.8, 4) is 0 Å². The Kier molecular flexibility index (Phi) is 4.47. The number of hydrogen-bond acceptors (Lipinski definition) is 3. The molecule has 0 bridgehead atoms. The molecule has 1 aromatic rings. The molecule has 1 N–H and O–H groups in total. The van der Waals surface area contributed by atoms with E-state index in [9.17, 15) is 0 Å². The maximum absolute atomic E-state index is 6.48. The Morgan fingerprint density at radius 2 is 2.15 bits per heavy atom. The van der Waals surface area contributed by atoms with Crippen molar-refractivity contribution < 1.29 is 0 Å². The van der Waals surface area contributed by atoms with E-state index in [0.717, 1.165) is 30.0 Å². The maximum atomic E-state index is 6.48. The Morgan fingerprint density at radius 1 is 1.30 bits per heavy atom. The Labute approximate surface area is 126 Å². The number of pyridine rings is 1. The SMILES string of the molecule is CC1CCCCCN1c1ncc(CNC2CC2)cc1Cl. The average Bonchev–Trinajstić information content (AvgIpc) is 3.25. The van der Waals surface area contributed by atoms with Crippen LogP contribution in [0.3, 0.4) is 0 Å². The second kappa shape index (κ2) is 6.31. The van der Waals surface area contributed by atoms with Crippen molar-refractivity contribution in [1.29, 1.82) is 0 Å². The van der Waals surface area contributed by atoms with Gasteiger partial charge in [0.05, 0.1) is 5.02 Å². The van der Waals surface area contributed by atoms with Crippen LogP contribution in [0, 0.1) is 0 Å². The lowest BCUT2D eigenvalue weighted by Gasteiger charge is -2.29. The monoisotopic (exact) mass is 293 g/mol. The zero-order valence-electron chi connectivity index (χ0n) is 12.2. The minimum atomic E-state index is 0.540. The van der Waals surface area contributed by atoms with Gasteiger partial charge in [-0.05, 0) is 44.2 Å². The van der Waals surface area contributed by atoms with Crippen LogP contribution in [0.4, 0.5) is 5.82 Å². The number of nitrogens with zero attached hydrogens (tertiary/aromatic N) is 2. The van der Waals surface area contributed by atoms with Crippen LogP contribution in [0.25, 0.3) is 0 Å². The predicted molar refractivity (Wildman–Crippen MR) is 84.4 cm³/mol. The Hall–Kier alpha value is -0.800. The quantitative estimate of drug-likeness (QED) is 0.916. The van der Waals surface area contributed by atoms with Gasteiger partial charge in [-0.25, -0.2) is 4.98 Å². The Balaban J connectivity index is 1.71. The first kappa shape index (κ1) is 14.2. The summed E-state index contributed by atoms with van der Waals surface area (Å²) in [6.45, 7) is 4.24. The molecule has 1 saturated carbocycles. The third-order valence-corrected chi connectivity index (χ3v) is 4.65. The molecule has 1 unspecified atom stereocenters. The van der Waals surface area contributed by atoms with E-state index in [1.807, 2.05) is 6.20 Å². The van der Waals surface area contributed by atoms with Crippen molar-refractivity contribution in [3.05, 3.63) is 22.8 Å². The fourth-order valence-corrected chi connectivity index (χ4v) is 3.22. The molecular formula is C16H24ClN3. The van der Waals surface area contributed by atoms with Crippen molar-refractivity contribution in [2.45, 2.75) is 64.1 Å². The van der Waals surface area contributed by atoms with E-state index in [4.69, 9.17) is 11.6 Å². The lowest BCUT2D eigenvalue weighted by atomic mass is 10.1. The van der Waals surface area contributed by atoms with Gasteiger partial charge in [0.15, 0.2) is 0 Å². The van der Waals surface area contributed by atoms with Gasteiger partial charge in [0.25, 0.3) is 0 Å². The molecule has 1 atom stereocenters. The lowest BCUT2D eigenvalue weighted by molar-refractivity contribution is 0.610. The highest BCUT2D eigenvalue weighted by Gasteiger charge is 2.22. The van der Waals surface area contributed by atoms with Gasteiger partial charge in [-0.1, -0.05) is 24.4 Å². The van der Waals surface area contributed by atoms with Gasteiger partial charge in [0, 0.05) is 31.4 Å². The van der Waals surface area contributed by atoms with Gasteiger partial charge in [-0.15, -0.1) is 0 Å². The summed E-state index contributed by atoms with van der Waals surface area (Å²) in [6.07, 6.45) is 9.72. The van der Waals surface area contributed by atoms with E-state index >= 15 is 0 Å². The number of halogens is 1. The molecule has 1 saturated heterocycles. The lowest BCUT2D eigenvalue weighted by Crippen LogP contribution is -2.33. The maximum Gasteiger partial charge on any atom is 0.147 e. The van der Waals surface area contributed by atoms with E-state index < -0.39 is 0 Å². The van der Waals surface area contributed by atoms with Crippen LogP contribution in [0.15, 0.2) is 12.3 Å². The molecule has 1 aliphatic carbocycles. The Morgan fingerprint density at radius 3 is 2.90 bits per heavy atom. The van der Waals surface area contributed by atoms with E-state index in [-0.39, 0.29) is 0 Å². The third-order valence-electron chi connectivity index (χ3n) is 4.38. The molecule has 1 aromatic heterocycles. The Bertz CT molecular complexity index is 459. The first-order chi connectivity index (χ1) is 9.74. The predicted octanol–water partition coefficient (Wildman–Crippen LogP) is 3.76. The van der Waals surface area contributed by atoms with Gasteiger partial charge in [-0.3, -0.25) is 0 Å². The molecule has 3 rings (SSSR count). The molecule has 0 aromatic carbocycles. The molecule has 4 heteroatoms. The van der Waals surface area contributed by atoms with Crippen LogP contribution in [0.1, 0.15) is 51.0 Å². The molecule has 2 fully saturated rings. The van der Waals surface area contributed by atoms with Crippen LogP contribution < -0.4 is 10.2 Å². The number of hydrogen-bond donors (Lipinski definition) is 1. The van der Waals surface area contributed by atoms with E-state index in [1.54, 1.807) is 0 Å². The van der Waals surface area contributed by atoms with Crippen molar-refractivity contribution >= 4 is 17.4 Å². The minimum Gasteiger partial charge on any atom is -0.353 e. The molecule has 1 aliphatic heterocycles. The summed E-state index contributed by atoms with van der Waals surface area (Å²) in [5, 5.41) is 4.31. The van der Waals surface area contributed by atoms with Crippen LogP contribution in [-0.2, 0) is 6.54 Å². The van der Waals surface area contributed by atoms with Crippen LogP contribution in [0.2, 0.25) is 5.02 Å². The highest BCUT2D eigenvalue weighted by molar-refractivity contribution is 6.33. The molecular weight excluding hydrogens is 270 g/mol. The van der Waals surface area contributed by atoms with Crippen molar-refractivity contribution in [1.82, 2.24) is 10.3 Å². The van der Waals surface area contributed by atoms with Gasteiger partial charge in [0.1, 0.15) is 5.82 Å². The van der Waals surface area contributed by atoms with Crippen molar-refractivity contribution in [2.75, 3.05) is 11.4 Å². The first-order valence-corrected chi connectivity index (χ1v) is 8.26. The molecule has 2 aliphatic rings. The van der Waals surface area contributed by atoms with Gasteiger partial charge in [-0.2, -0.15) is 0 Å². The highest BCUT2D eigenvalue weighted by atomic mass is 35.5. The first-order valence-electron chi connectivity index (χ1n) is 7.88. The molecule has 0 radical (unpaired) electrons. The minimum absolute atomic E-state index is 0.540. The molecule has 110 valence electrons. The van der Waals surface area contributed by atoms with Gasteiger partial charge >= 0.3 is 0 Å². The smallest absolute Gasteiger partial charge is 0.147 e. The summed E-state index contributed by atoms with van der Waals surface area (Å²) < 4.78 is 0. The third kappa shape index (κ3) is 3.44. The second-order valence-corrected chi connectivity index (χ2v) is 6.60. The van der Waals surface area contributed by atoms with Crippen LogP contribution >= 0.6 is 11.6 Å². The topological polar surface area (TPSA) is 28.2 Å². The average molecular weight is 294 g/mol. The van der Waals surface area contributed by atoms with Crippen LogP contribution in [-0.4, -0.2) is 23.6 Å². The zero-order chi connectivity index (χ0) is 13.9. The zero-order valence-corrected chi connectivity index (χ0v) is 13.0. The summed E-state index contributed by atoms with van der Waals surface area (Å²) in [4.78, 5) is 7.03. The summed E-state index contributed by atoms with van der Waals surface area (Å²) >= 11 is 6.48. The normalized spacial score (nSPS) is 23.7. The van der Waals surface area contributed by atoms with Gasteiger partial charge in [0.2, 0.25) is 0 Å². The van der Waals surface area contributed by atoms with Gasteiger partial charge < -0.3 is 10.2 Å². The fraction of sp³-hybridized carbons (Fsp3) is 0.688. The summed E-state index contributed by atoms with van der Waals surface area (Å²) in [7, 11) is 0. The molecule has 0 spiro atoms. The fourth-order valence-electron chi connectivity index (χ4n) is 2.92. The second-order valence-electron chi connectivity index (χ2n) is 6.20. The molecule has 0 amide bonds. The molecule has 20 heavy (non-hydrogen) atoms. The largest absolute Gasteiger partial charge is 0.353 e. The standard InChI is InChI=1S/C16H24ClN3/c1-12-5-3-2-4-8-20(12)16-15(17)9-13(11-19-16)10-18-14-6-7-14/h9,11-12,14,18H,2-8,10H2,1H3. The van der Waals surface area contributed by atoms with Crippen LogP contribution in [0.5, 0.6) is 0 Å². The van der Waals surface area contributed by atoms with Crippen molar-refractivity contribution in [3.63, 3.8) is 0 Å². The van der Waals surface area contributed by atoms with Crippen molar-refractivity contribution in [2.24, 2.45) is 0 Å². The summed E-state index contributed by atoms with van der Waals surface area (Å²) in [6, 6.07) is 3.34. The number of nitrogens with one attached hydrogen (secondary N) is 1. The highest BCUT2D eigenvalue weighted by Crippen LogP contribution is 2.29. The molecule has 3 nitrogen and oxygen atoms in total.